The van der Waals surface area contributed by atoms with Crippen molar-refractivity contribution in [2.24, 2.45) is 0 Å². The van der Waals surface area contributed by atoms with Gasteiger partial charge in [-0.15, -0.1) is 0 Å². The van der Waals surface area contributed by atoms with Crippen LogP contribution in [0.15, 0.2) is 71.1 Å². The molecule has 1 aromatic heterocycles. The largest absolute Gasteiger partial charge is 0.484 e. The summed E-state index contributed by atoms with van der Waals surface area (Å²) in [6, 6.07) is 16.2. The maximum Gasteiger partial charge on any atom is 0.291 e. The van der Waals surface area contributed by atoms with Crippen molar-refractivity contribution in [3.63, 3.8) is 0 Å². The minimum Gasteiger partial charge on any atom is -0.484 e. The minimum absolute atomic E-state index is 0.0493. The molecule has 1 heterocycles. The van der Waals surface area contributed by atoms with Gasteiger partial charge >= 0.3 is 0 Å². The molecule has 1 amide bonds. The zero-order valence-electron chi connectivity index (χ0n) is 20.1. The van der Waals surface area contributed by atoms with E-state index in [2.05, 4.69) is 5.32 Å². The molecule has 38 heavy (non-hydrogen) atoms. The second-order valence-corrected chi connectivity index (χ2v) is 8.69. The van der Waals surface area contributed by atoms with Crippen LogP contribution in [-0.2, 0) is 6.61 Å². The number of nitro benzene ring substituents is 2. The molecule has 0 radical (unpaired) electrons. The first-order valence-electron chi connectivity index (χ1n) is 11.1. The lowest BCUT2D eigenvalue weighted by Gasteiger charge is -2.10. The second kappa shape index (κ2) is 11.0. The summed E-state index contributed by atoms with van der Waals surface area (Å²) in [5.41, 5.74) is 1.62. The highest BCUT2D eigenvalue weighted by molar-refractivity contribution is 6.32. The van der Waals surface area contributed by atoms with Crippen molar-refractivity contribution in [3.8, 4) is 17.2 Å². The average Bonchev–Trinajstić information content (AvgIpc) is 3.31. The van der Waals surface area contributed by atoms with Crippen molar-refractivity contribution in [1.82, 2.24) is 0 Å². The molecule has 0 bridgehead atoms. The van der Waals surface area contributed by atoms with E-state index < -0.39 is 15.8 Å². The van der Waals surface area contributed by atoms with E-state index in [1.807, 2.05) is 19.9 Å². The number of anilines is 1. The fourth-order valence-electron chi connectivity index (χ4n) is 3.59. The minimum atomic E-state index is -0.650. The van der Waals surface area contributed by atoms with Crippen molar-refractivity contribution < 1.29 is 28.5 Å². The van der Waals surface area contributed by atoms with Gasteiger partial charge in [0.05, 0.1) is 26.6 Å². The van der Waals surface area contributed by atoms with Gasteiger partial charge < -0.3 is 19.2 Å². The summed E-state index contributed by atoms with van der Waals surface area (Å²) in [7, 11) is 0. The number of nitro groups is 2. The zero-order chi connectivity index (χ0) is 27.4. The van der Waals surface area contributed by atoms with Crippen molar-refractivity contribution in [2.45, 2.75) is 20.5 Å². The number of nitrogens with one attached hydrogen (secondary N) is 1. The van der Waals surface area contributed by atoms with Crippen molar-refractivity contribution in [2.75, 3.05) is 5.32 Å². The summed E-state index contributed by atoms with van der Waals surface area (Å²) in [6.07, 6.45) is 0. The van der Waals surface area contributed by atoms with E-state index in [4.69, 9.17) is 25.5 Å². The maximum absolute atomic E-state index is 12.8. The number of carbonyl (C=O) groups is 1. The third kappa shape index (κ3) is 6.45. The molecule has 0 fully saturated rings. The Kier molecular flexibility index (Phi) is 7.58. The third-order valence-electron chi connectivity index (χ3n) is 5.17. The topological polar surface area (TPSA) is 147 Å². The van der Waals surface area contributed by atoms with Gasteiger partial charge in [-0.3, -0.25) is 25.0 Å². The van der Waals surface area contributed by atoms with E-state index in [0.29, 0.717) is 5.75 Å². The molecule has 0 unspecified atom stereocenters. The summed E-state index contributed by atoms with van der Waals surface area (Å²) in [4.78, 5) is 33.9. The predicted octanol–water partition coefficient (Wildman–Crippen LogP) is 6.99. The second-order valence-electron chi connectivity index (χ2n) is 8.28. The number of carbonyl (C=O) groups excluding carboxylic acids is 1. The molecule has 11 nitrogen and oxygen atoms in total. The summed E-state index contributed by atoms with van der Waals surface area (Å²) in [6.45, 7) is 3.71. The molecule has 0 atom stereocenters. The molecule has 3 aromatic carbocycles. The molecular weight excluding hydrogens is 518 g/mol. The van der Waals surface area contributed by atoms with Crippen LogP contribution < -0.4 is 14.8 Å². The average molecular weight is 538 g/mol. The SMILES string of the molecule is Cc1cc(C)cc(Oc2cc(NC(=O)c3ccc(COc4ccc([N+](=O)[O-])cc4Cl)o3)cc([N+](=O)[O-])c2)c1. The normalized spacial score (nSPS) is 10.6. The Morgan fingerprint density at radius 2 is 1.58 bits per heavy atom. The van der Waals surface area contributed by atoms with Gasteiger partial charge in [-0.1, -0.05) is 17.7 Å². The van der Waals surface area contributed by atoms with Gasteiger partial charge in [0.2, 0.25) is 0 Å². The predicted molar refractivity (Wildman–Crippen MR) is 138 cm³/mol. The lowest BCUT2D eigenvalue weighted by atomic mass is 10.1. The van der Waals surface area contributed by atoms with Crippen molar-refractivity contribution in [1.29, 1.82) is 0 Å². The first kappa shape index (κ1) is 26.2. The Balaban J connectivity index is 1.46. The summed E-state index contributed by atoms with van der Waals surface area (Å²) in [5, 5.41) is 24.9. The van der Waals surface area contributed by atoms with Crippen LogP contribution in [0.1, 0.15) is 27.4 Å². The number of furan rings is 1. The number of non-ortho nitro benzene ring substituents is 2. The molecule has 1 N–H and O–H groups in total. The highest BCUT2D eigenvalue weighted by Crippen LogP contribution is 2.32. The lowest BCUT2D eigenvalue weighted by Crippen LogP contribution is -2.11. The third-order valence-corrected chi connectivity index (χ3v) is 5.47. The van der Waals surface area contributed by atoms with Gasteiger partial charge in [-0.25, -0.2) is 0 Å². The molecule has 0 aliphatic carbocycles. The Hall–Kier alpha value is -4.90. The lowest BCUT2D eigenvalue weighted by molar-refractivity contribution is -0.385. The van der Waals surface area contributed by atoms with Gasteiger partial charge in [-0.2, -0.15) is 0 Å². The maximum atomic E-state index is 12.8. The fraction of sp³-hybridized carbons (Fsp3) is 0.115. The molecule has 194 valence electrons. The van der Waals surface area contributed by atoms with E-state index in [1.165, 1.54) is 42.5 Å². The number of halogens is 1. The van der Waals surface area contributed by atoms with E-state index in [9.17, 15) is 25.0 Å². The molecule has 0 spiro atoms. The van der Waals surface area contributed by atoms with Crippen LogP contribution in [0.3, 0.4) is 0 Å². The van der Waals surface area contributed by atoms with E-state index in [-0.39, 0.29) is 51.7 Å². The number of amides is 1. The number of benzene rings is 3. The van der Waals surface area contributed by atoms with Gasteiger partial charge in [-0.05, 0) is 55.3 Å². The first-order valence-corrected chi connectivity index (χ1v) is 11.5. The van der Waals surface area contributed by atoms with Gasteiger partial charge in [0.1, 0.15) is 29.6 Å². The standard InChI is InChI=1S/C26H20ClN3O8/c1-15-7-16(2)9-21(8-15)37-22-11-17(10-19(12-22)30(34)35)28-26(31)25-6-4-20(38-25)14-36-24-5-3-18(29(32)33)13-23(24)27/h3-13H,14H2,1-2H3,(H,28,31). The summed E-state index contributed by atoms with van der Waals surface area (Å²) < 4.78 is 16.9. The van der Waals surface area contributed by atoms with E-state index in [1.54, 1.807) is 12.1 Å². The monoisotopic (exact) mass is 537 g/mol. The van der Waals surface area contributed by atoms with Crippen molar-refractivity contribution in [3.05, 3.63) is 115 Å². The smallest absolute Gasteiger partial charge is 0.291 e. The fourth-order valence-corrected chi connectivity index (χ4v) is 3.82. The Bertz CT molecular complexity index is 1530. The first-order chi connectivity index (χ1) is 18.1. The van der Waals surface area contributed by atoms with Crippen LogP contribution in [0.5, 0.6) is 17.2 Å². The summed E-state index contributed by atoms with van der Waals surface area (Å²) >= 11 is 6.02. The van der Waals surface area contributed by atoms with E-state index in [0.717, 1.165) is 17.2 Å². The highest BCUT2D eigenvalue weighted by atomic mass is 35.5. The molecule has 0 aliphatic rings. The quantitative estimate of drug-likeness (QED) is 0.177. The van der Waals surface area contributed by atoms with Crippen LogP contribution in [0, 0.1) is 34.1 Å². The van der Waals surface area contributed by atoms with Crippen LogP contribution in [0.2, 0.25) is 5.02 Å². The van der Waals surface area contributed by atoms with Gasteiger partial charge in [0, 0.05) is 24.3 Å². The van der Waals surface area contributed by atoms with Crippen LogP contribution >= 0.6 is 11.6 Å². The molecule has 0 saturated carbocycles. The Morgan fingerprint density at radius 1 is 0.895 bits per heavy atom. The molecule has 4 rings (SSSR count). The Labute approximate surface area is 220 Å². The number of ether oxygens (including phenoxy) is 2. The zero-order valence-corrected chi connectivity index (χ0v) is 20.9. The van der Waals surface area contributed by atoms with Crippen LogP contribution in [0.4, 0.5) is 17.1 Å². The van der Waals surface area contributed by atoms with Gasteiger partial charge in [0.15, 0.2) is 5.76 Å². The number of hydrogen-bond acceptors (Lipinski definition) is 8. The van der Waals surface area contributed by atoms with E-state index >= 15 is 0 Å². The van der Waals surface area contributed by atoms with Crippen LogP contribution in [0.25, 0.3) is 0 Å². The van der Waals surface area contributed by atoms with Crippen molar-refractivity contribution >= 4 is 34.6 Å². The molecule has 4 aromatic rings. The van der Waals surface area contributed by atoms with Gasteiger partial charge in [0.25, 0.3) is 17.3 Å². The highest BCUT2D eigenvalue weighted by Gasteiger charge is 2.17. The molecular formula is C26H20ClN3O8. The number of nitrogens with zero attached hydrogens (tertiary/aromatic N) is 2. The molecule has 12 heteroatoms. The Morgan fingerprint density at radius 3 is 2.24 bits per heavy atom. The van der Waals surface area contributed by atoms with Crippen LogP contribution in [-0.4, -0.2) is 15.8 Å². The number of rotatable bonds is 9. The molecule has 0 saturated heterocycles. The number of aryl methyl sites for hydroxylation is 2. The molecule has 0 aliphatic heterocycles. The summed E-state index contributed by atoms with van der Waals surface area (Å²) in [5.74, 6) is 0.441. The number of hydrogen-bond donors (Lipinski definition) is 1.